The molecule has 0 aliphatic heterocycles. The highest BCUT2D eigenvalue weighted by Crippen LogP contribution is 2.11. The van der Waals surface area contributed by atoms with Crippen LogP contribution in [0.1, 0.15) is 5.56 Å². The lowest BCUT2D eigenvalue weighted by Crippen LogP contribution is -1.99. The van der Waals surface area contributed by atoms with Crippen molar-refractivity contribution in [1.82, 2.24) is 0 Å². The quantitative estimate of drug-likeness (QED) is 0.645. The number of nitrogens with one attached hydrogen (secondary N) is 1. The molecule has 0 saturated heterocycles. The Bertz CT molecular complexity index is 240. The van der Waals surface area contributed by atoms with E-state index in [1.807, 2.05) is 18.2 Å². The van der Waals surface area contributed by atoms with E-state index in [1.165, 1.54) is 5.56 Å². The maximum Gasteiger partial charge on any atom is 0.0452 e. The molecule has 1 aromatic rings. The van der Waals surface area contributed by atoms with E-state index >= 15 is 0 Å². The molecule has 0 aliphatic rings. The van der Waals surface area contributed by atoms with Crippen molar-refractivity contribution in [1.29, 1.82) is 0 Å². The van der Waals surface area contributed by atoms with Gasteiger partial charge in [-0.3, -0.25) is 0 Å². The fraction of sp³-hybridized carbons (Fsp3) is 0.200. The smallest absolute Gasteiger partial charge is 0.0452 e. The predicted octanol–water partition coefficient (Wildman–Crippen LogP) is 2.39. The van der Waals surface area contributed by atoms with E-state index in [-0.39, 0.29) is 0 Å². The molecule has 1 aromatic carbocycles. The van der Waals surface area contributed by atoms with Crippen LogP contribution in [0.3, 0.4) is 0 Å². The molecule has 1 heteroatoms. The molecule has 0 atom stereocenters. The number of para-hydroxylation sites is 1. The minimum absolute atomic E-state index is 0.793. The van der Waals surface area contributed by atoms with Crippen LogP contribution in [0.4, 0.5) is 5.69 Å². The molecule has 0 saturated carbocycles. The molecule has 11 heavy (non-hydrogen) atoms. The molecule has 1 radical (unpaired) electrons. The van der Waals surface area contributed by atoms with E-state index in [4.69, 9.17) is 0 Å². The van der Waals surface area contributed by atoms with Gasteiger partial charge in [0.2, 0.25) is 0 Å². The third kappa shape index (κ3) is 2.11. The Labute approximate surface area is 67.8 Å². The van der Waals surface area contributed by atoms with Crippen LogP contribution in [0.15, 0.2) is 30.9 Å². The molecule has 0 fully saturated rings. The fourth-order valence-corrected chi connectivity index (χ4v) is 0.886. The minimum Gasteiger partial charge on any atom is -0.381 e. The van der Waals surface area contributed by atoms with Gasteiger partial charge in [-0.1, -0.05) is 24.3 Å². The van der Waals surface area contributed by atoms with E-state index in [2.05, 4.69) is 31.0 Å². The summed E-state index contributed by atoms with van der Waals surface area (Å²) in [5.74, 6) is 0. The zero-order valence-corrected chi connectivity index (χ0v) is 6.72. The predicted molar refractivity (Wildman–Crippen MR) is 48.7 cm³/mol. The van der Waals surface area contributed by atoms with Crippen molar-refractivity contribution in [3.8, 4) is 0 Å². The number of aryl methyl sites for hydroxylation is 1. The molecule has 1 rings (SSSR count). The van der Waals surface area contributed by atoms with E-state index in [0.29, 0.717) is 0 Å². The number of anilines is 1. The van der Waals surface area contributed by atoms with Crippen molar-refractivity contribution in [3.63, 3.8) is 0 Å². The summed E-state index contributed by atoms with van der Waals surface area (Å²) in [6.07, 6.45) is 1.83. The number of hydrogen-bond acceptors (Lipinski definition) is 1. The van der Waals surface area contributed by atoms with Crippen LogP contribution in [0.5, 0.6) is 0 Å². The Morgan fingerprint density at radius 2 is 2.55 bits per heavy atom. The number of hydrogen-bond donors (Lipinski definition) is 1. The van der Waals surface area contributed by atoms with Gasteiger partial charge in [0.15, 0.2) is 0 Å². The van der Waals surface area contributed by atoms with Gasteiger partial charge >= 0.3 is 0 Å². The maximum atomic E-state index is 3.63. The molecule has 0 aromatic heterocycles. The molecule has 57 valence electrons. The molecule has 1 nitrogen and oxygen atoms in total. The van der Waals surface area contributed by atoms with Gasteiger partial charge in [0, 0.05) is 18.3 Å². The Hall–Kier alpha value is -1.24. The summed E-state index contributed by atoms with van der Waals surface area (Å²) < 4.78 is 0. The normalized spacial score (nSPS) is 9.18. The molecule has 0 aliphatic carbocycles. The van der Waals surface area contributed by atoms with Gasteiger partial charge in [-0.15, -0.1) is 6.58 Å². The summed E-state index contributed by atoms with van der Waals surface area (Å²) >= 11 is 0. The summed E-state index contributed by atoms with van der Waals surface area (Å²) in [4.78, 5) is 0. The molecule has 0 amide bonds. The van der Waals surface area contributed by atoms with Crippen molar-refractivity contribution in [2.45, 2.75) is 6.92 Å². The summed E-state index contributed by atoms with van der Waals surface area (Å²) in [6, 6.07) is 9.05. The Balaban J connectivity index is 2.69. The molecular formula is C10H12N. The van der Waals surface area contributed by atoms with Crippen molar-refractivity contribution in [2.24, 2.45) is 0 Å². The van der Waals surface area contributed by atoms with Crippen LogP contribution in [-0.4, -0.2) is 6.54 Å². The van der Waals surface area contributed by atoms with Gasteiger partial charge in [-0.2, -0.15) is 0 Å². The zero-order chi connectivity index (χ0) is 8.10. The van der Waals surface area contributed by atoms with Crippen LogP contribution in [0.2, 0.25) is 0 Å². The van der Waals surface area contributed by atoms with E-state index in [1.54, 1.807) is 0 Å². The first kappa shape index (κ1) is 7.86. The summed E-state index contributed by atoms with van der Waals surface area (Å²) in [7, 11) is 0. The second kappa shape index (κ2) is 3.81. The average Bonchev–Trinajstić information content (AvgIpc) is 2.03. The molecule has 0 unspecified atom stereocenters. The first-order valence-corrected chi connectivity index (χ1v) is 3.66. The van der Waals surface area contributed by atoms with Gasteiger partial charge < -0.3 is 5.32 Å². The fourth-order valence-electron chi connectivity index (χ4n) is 0.886. The van der Waals surface area contributed by atoms with Gasteiger partial charge in [0.1, 0.15) is 0 Å². The topological polar surface area (TPSA) is 12.0 Å². The second-order valence-corrected chi connectivity index (χ2v) is 2.40. The van der Waals surface area contributed by atoms with Crippen molar-refractivity contribution in [3.05, 3.63) is 42.5 Å². The third-order valence-electron chi connectivity index (χ3n) is 1.49. The molecule has 1 N–H and O–H groups in total. The highest BCUT2D eigenvalue weighted by Gasteiger charge is 1.92. The highest BCUT2D eigenvalue weighted by molar-refractivity contribution is 5.49. The highest BCUT2D eigenvalue weighted by atomic mass is 14.9. The largest absolute Gasteiger partial charge is 0.381 e. The van der Waals surface area contributed by atoms with Crippen molar-refractivity contribution >= 4 is 5.69 Å². The van der Waals surface area contributed by atoms with Gasteiger partial charge in [-0.25, -0.2) is 0 Å². The lowest BCUT2D eigenvalue weighted by atomic mass is 10.2. The lowest BCUT2D eigenvalue weighted by molar-refractivity contribution is 1.30. The standard InChI is InChI=1S/C10H12N/c1-3-8-11-10-7-5-4-6-9(10)2/h3-6,11H,1,8H2,2H3. The first-order valence-electron chi connectivity index (χ1n) is 3.66. The van der Waals surface area contributed by atoms with Crippen LogP contribution in [0, 0.1) is 13.0 Å². The van der Waals surface area contributed by atoms with Crippen molar-refractivity contribution in [2.75, 3.05) is 11.9 Å². The first-order chi connectivity index (χ1) is 5.34. The minimum atomic E-state index is 0.793. The molecular weight excluding hydrogens is 134 g/mol. The summed E-state index contributed by atoms with van der Waals surface area (Å²) in [6.45, 7) is 6.48. The molecule has 0 heterocycles. The summed E-state index contributed by atoms with van der Waals surface area (Å²) in [5, 5.41) is 3.19. The molecule has 0 bridgehead atoms. The van der Waals surface area contributed by atoms with Crippen LogP contribution >= 0.6 is 0 Å². The number of benzene rings is 1. The van der Waals surface area contributed by atoms with Crippen LogP contribution in [0.25, 0.3) is 0 Å². The SMILES string of the molecule is C=CCNc1[c]cccc1C. The molecule has 0 spiro atoms. The lowest BCUT2D eigenvalue weighted by Gasteiger charge is -2.04. The van der Waals surface area contributed by atoms with Crippen molar-refractivity contribution < 1.29 is 0 Å². The van der Waals surface area contributed by atoms with Gasteiger partial charge in [0.25, 0.3) is 0 Å². The Kier molecular flexibility index (Phi) is 2.73. The summed E-state index contributed by atoms with van der Waals surface area (Å²) in [5.41, 5.74) is 2.28. The second-order valence-electron chi connectivity index (χ2n) is 2.40. The van der Waals surface area contributed by atoms with Gasteiger partial charge in [-0.05, 0) is 12.5 Å². The maximum absolute atomic E-state index is 3.63. The van der Waals surface area contributed by atoms with Crippen LogP contribution < -0.4 is 5.32 Å². The number of rotatable bonds is 3. The Morgan fingerprint density at radius 3 is 3.18 bits per heavy atom. The Morgan fingerprint density at radius 1 is 1.73 bits per heavy atom. The van der Waals surface area contributed by atoms with E-state index in [9.17, 15) is 0 Å². The van der Waals surface area contributed by atoms with E-state index < -0.39 is 0 Å². The zero-order valence-electron chi connectivity index (χ0n) is 6.72. The van der Waals surface area contributed by atoms with Gasteiger partial charge in [0.05, 0.1) is 0 Å². The monoisotopic (exact) mass is 146 g/mol. The average molecular weight is 146 g/mol. The van der Waals surface area contributed by atoms with E-state index in [0.717, 1.165) is 12.2 Å². The third-order valence-corrected chi connectivity index (χ3v) is 1.49. The van der Waals surface area contributed by atoms with Crippen LogP contribution in [-0.2, 0) is 0 Å².